The van der Waals surface area contributed by atoms with E-state index in [4.69, 9.17) is 4.74 Å². The summed E-state index contributed by atoms with van der Waals surface area (Å²) in [6.07, 6.45) is 40.8. The van der Waals surface area contributed by atoms with E-state index in [1.807, 2.05) is 0 Å². The zero-order valence-corrected chi connectivity index (χ0v) is 39.5. The SMILES string of the molecule is CCCCCCC(CCCCCC)CC(=O)NCCCCCN(CCCCCOC(=O)CC(CCCCCC)CCCCCC)CCN(CCO)C1CCCCCC1. The van der Waals surface area contributed by atoms with Crippen LogP contribution in [-0.2, 0) is 14.3 Å². The number of carbonyl (C=O) groups excluding carboxylic acids is 2. The largest absolute Gasteiger partial charge is 0.466 e. The molecule has 0 aromatic rings. The lowest BCUT2D eigenvalue weighted by Gasteiger charge is -2.33. The van der Waals surface area contributed by atoms with Gasteiger partial charge < -0.3 is 20.1 Å². The molecule has 1 fully saturated rings. The topological polar surface area (TPSA) is 82.1 Å². The molecule has 1 rings (SSSR count). The number of nitrogens with one attached hydrogen (secondary N) is 1. The Labute approximate surface area is 361 Å². The lowest BCUT2D eigenvalue weighted by Crippen LogP contribution is -2.43. The van der Waals surface area contributed by atoms with E-state index in [0.29, 0.717) is 37.3 Å². The number of aliphatic hydroxyl groups is 1. The third kappa shape index (κ3) is 32.6. The van der Waals surface area contributed by atoms with Gasteiger partial charge in [0.25, 0.3) is 0 Å². The summed E-state index contributed by atoms with van der Waals surface area (Å²) >= 11 is 0. The van der Waals surface area contributed by atoms with E-state index < -0.39 is 0 Å². The van der Waals surface area contributed by atoms with Crippen molar-refractivity contribution in [1.29, 1.82) is 0 Å². The molecule has 344 valence electrons. The number of esters is 1. The smallest absolute Gasteiger partial charge is 0.306 e. The van der Waals surface area contributed by atoms with Crippen LogP contribution >= 0.6 is 0 Å². The third-order valence-electron chi connectivity index (χ3n) is 13.1. The van der Waals surface area contributed by atoms with Crippen molar-refractivity contribution in [3.05, 3.63) is 0 Å². The summed E-state index contributed by atoms with van der Waals surface area (Å²) in [5, 5.41) is 13.2. The van der Waals surface area contributed by atoms with Crippen molar-refractivity contribution in [1.82, 2.24) is 15.1 Å². The maximum Gasteiger partial charge on any atom is 0.306 e. The maximum absolute atomic E-state index is 13.0. The summed E-state index contributed by atoms with van der Waals surface area (Å²) in [6, 6.07) is 0.606. The molecule has 1 saturated carbocycles. The lowest BCUT2D eigenvalue weighted by molar-refractivity contribution is -0.145. The molecule has 0 unspecified atom stereocenters. The zero-order valence-electron chi connectivity index (χ0n) is 39.5. The summed E-state index contributed by atoms with van der Waals surface area (Å²) in [4.78, 5) is 31.0. The molecule has 7 heteroatoms. The minimum atomic E-state index is 0.0147. The fourth-order valence-corrected chi connectivity index (χ4v) is 9.26. The Morgan fingerprint density at radius 2 is 1.03 bits per heavy atom. The first-order chi connectivity index (χ1) is 28.5. The molecule has 1 aliphatic rings. The molecule has 1 amide bonds. The first-order valence-corrected chi connectivity index (χ1v) is 26.0. The molecule has 7 nitrogen and oxygen atoms in total. The standard InChI is InChI=1S/C51H101N3O4/c1-5-9-13-21-31-47(32-22-14-10-6-2)45-50(56)52-37-27-19-28-38-53(40-41-54(42-43-55)49-35-25-17-18-26-36-49)39-29-20-30-44-58-51(57)46-48(33-23-15-11-7-3)34-24-16-12-8-4/h47-49,55H,5-46H2,1-4H3,(H,52,56). The van der Waals surface area contributed by atoms with Gasteiger partial charge in [-0.1, -0.05) is 163 Å². The van der Waals surface area contributed by atoms with Crippen LogP contribution in [0.15, 0.2) is 0 Å². The number of carbonyl (C=O) groups is 2. The lowest BCUT2D eigenvalue weighted by atomic mass is 9.91. The van der Waals surface area contributed by atoms with Gasteiger partial charge >= 0.3 is 5.97 Å². The van der Waals surface area contributed by atoms with E-state index in [1.54, 1.807) is 0 Å². The highest BCUT2D eigenvalue weighted by Gasteiger charge is 2.21. The predicted molar refractivity (Wildman–Crippen MR) is 250 cm³/mol. The molecule has 0 aromatic heterocycles. The molecule has 1 aliphatic carbocycles. The average Bonchev–Trinajstić information content (AvgIpc) is 3.51. The van der Waals surface area contributed by atoms with Gasteiger partial charge in [0, 0.05) is 45.1 Å². The second kappa shape index (κ2) is 41.2. The van der Waals surface area contributed by atoms with Crippen LogP contribution in [0.1, 0.15) is 246 Å². The van der Waals surface area contributed by atoms with Crippen molar-refractivity contribution in [2.45, 2.75) is 252 Å². The molecular weight excluding hydrogens is 719 g/mol. The third-order valence-corrected chi connectivity index (χ3v) is 13.1. The van der Waals surface area contributed by atoms with Crippen molar-refractivity contribution in [2.75, 3.05) is 52.5 Å². The van der Waals surface area contributed by atoms with Gasteiger partial charge in [-0.25, -0.2) is 0 Å². The van der Waals surface area contributed by atoms with Crippen LogP contribution in [-0.4, -0.2) is 85.3 Å². The van der Waals surface area contributed by atoms with Gasteiger partial charge in [0.15, 0.2) is 0 Å². The molecular formula is C51H101N3O4. The van der Waals surface area contributed by atoms with E-state index in [-0.39, 0.29) is 18.5 Å². The Balaban J connectivity index is 2.56. The number of rotatable bonds is 42. The fraction of sp³-hybridized carbons (Fsp3) is 0.961. The summed E-state index contributed by atoms with van der Waals surface area (Å²) < 4.78 is 5.80. The summed E-state index contributed by atoms with van der Waals surface area (Å²) in [5.74, 6) is 1.30. The van der Waals surface area contributed by atoms with Gasteiger partial charge in [-0.15, -0.1) is 0 Å². The molecule has 0 aromatic carbocycles. The van der Waals surface area contributed by atoms with Crippen molar-refractivity contribution >= 4 is 11.9 Å². The van der Waals surface area contributed by atoms with Gasteiger partial charge in [-0.3, -0.25) is 14.5 Å². The second-order valence-electron chi connectivity index (χ2n) is 18.5. The second-order valence-corrected chi connectivity index (χ2v) is 18.5. The average molecular weight is 820 g/mol. The van der Waals surface area contributed by atoms with E-state index in [1.165, 1.54) is 167 Å². The highest BCUT2D eigenvalue weighted by atomic mass is 16.5. The Bertz CT molecular complexity index is 817. The van der Waals surface area contributed by atoms with Crippen LogP contribution in [0, 0.1) is 11.8 Å². The van der Waals surface area contributed by atoms with Crippen molar-refractivity contribution in [2.24, 2.45) is 11.8 Å². The van der Waals surface area contributed by atoms with Gasteiger partial charge in [-0.2, -0.15) is 0 Å². The van der Waals surface area contributed by atoms with E-state index >= 15 is 0 Å². The van der Waals surface area contributed by atoms with E-state index in [0.717, 1.165) is 77.8 Å². The van der Waals surface area contributed by atoms with Gasteiger partial charge in [0.05, 0.1) is 13.2 Å². The fourth-order valence-electron chi connectivity index (χ4n) is 9.26. The number of unbranched alkanes of at least 4 members (excludes halogenated alkanes) is 16. The maximum atomic E-state index is 13.0. The van der Waals surface area contributed by atoms with Crippen molar-refractivity contribution in [3.63, 3.8) is 0 Å². The van der Waals surface area contributed by atoms with Crippen LogP contribution in [0.25, 0.3) is 0 Å². The molecule has 0 radical (unpaired) electrons. The molecule has 58 heavy (non-hydrogen) atoms. The van der Waals surface area contributed by atoms with Gasteiger partial charge in [0.1, 0.15) is 0 Å². The van der Waals surface area contributed by atoms with Crippen LogP contribution in [0.3, 0.4) is 0 Å². The molecule has 2 N–H and O–H groups in total. The molecule has 0 saturated heterocycles. The van der Waals surface area contributed by atoms with E-state index in [2.05, 4.69) is 42.8 Å². The molecule has 0 spiro atoms. The summed E-state index contributed by atoms with van der Waals surface area (Å²) in [5.41, 5.74) is 0. The van der Waals surface area contributed by atoms with Crippen LogP contribution in [0.4, 0.5) is 0 Å². The summed E-state index contributed by atoms with van der Waals surface area (Å²) in [6.45, 7) is 15.6. The van der Waals surface area contributed by atoms with Crippen LogP contribution in [0.2, 0.25) is 0 Å². The Morgan fingerprint density at radius 3 is 1.53 bits per heavy atom. The number of nitrogens with zero attached hydrogens (tertiary/aromatic N) is 2. The van der Waals surface area contributed by atoms with Gasteiger partial charge in [0.2, 0.25) is 5.91 Å². The van der Waals surface area contributed by atoms with Crippen molar-refractivity contribution in [3.8, 4) is 0 Å². The molecule has 0 heterocycles. The van der Waals surface area contributed by atoms with Gasteiger partial charge in [-0.05, 0) is 95.6 Å². The number of ether oxygens (including phenoxy) is 1. The van der Waals surface area contributed by atoms with Crippen LogP contribution in [0.5, 0.6) is 0 Å². The predicted octanol–water partition coefficient (Wildman–Crippen LogP) is 13.2. The quantitative estimate of drug-likeness (QED) is 0.0363. The molecule has 0 bridgehead atoms. The van der Waals surface area contributed by atoms with E-state index in [9.17, 15) is 14.7 Å². The van der Waals surface area contributed by atoms with Crippen LogP contribution < -0.4 is 5.32 Å². The molecule has 0 aliphatic heterocycles. The Kier molecular flexibility index (Phi) is 38.9. The normalized spacial score (nSPS) is 13.9. The van der Waals surface area contributed by atoms with Crippen molar-refractivity contribution < 1.29 is 19.4 Å². The number of hydrogen-bond donors (Lipinski definition) is 2. The minimum absolute atomic E-state index is 0.0147. The number of aliphatic hydroxyl groups excluding tert-OH is 1. The molecule has 0 atom stereocenters. The highest BCUT2D eigenvalue weighted by Crippen LogP contribution is 2.24. The Hall–Kier alpha value is -1.18. The first-order valence-electron chi connectivity index (χ1n) is 26.0. The highest BCUT2D eigenvalue weighted by molar-refractivity contribution is 5.76. The number of hydrogen-bond acceptors (Lipinski definition) is 6. The number of amides is 1. The minimum Gasteiger partial charge on any atom is -0.466 e. The Morgan fingerprint density at radius 1 is 0.552 bits per heavy atom. The summed E-state index contributed by atoms with van der Waals surface area (Å²) in [7, 11) is 0. The zero-order chi connectivity index (χ0) is 42.2. The first kappa shape index (κ1) is 54.8. The monoisotopic (exact) mass is 820 g/mol.